The zero-order chi connectivity index (χ0) is 26.0. The van der Waals surface area contributed by atoms with Crippen molar-refractivity contribution in [3.8, 4) is 28.3 Å². The molecule has 4 rings (SSSR count). The Kier molecular flexibility index (Phi) is 7.12. The van der Waals surface area contributed by atoms with Gasteiger partial charge >= 0.3 is 0 Å². The highest BCUT2D eigenvalue weighted by molar-refractivity contribution is 7.93. The molecule has 2 unspecified atom stereocenters. The van der Waals surface area contributed by atoms with E-state index in [-0.39, 0.29) is 29.2 Å². The van der Waals surface area contributed by atoms with Gasteiger partial charge in [0.25, 0.3) is 0 Å². The first-order chi connectivity index (χ1) is 17.2. The van der Waals surface area contributed by atoms with Crippen molar-refractivity contribution in [2.45, 2.75) is 38.9 Å². The van der Waals surface area contributed by atoms with E-state index in [9.17, 15) is 8.42 Å². The van der Waals surface area contributed by atoms with Crippen LogP contribution in [-0.2, 0) is 10.0 Å². The molecule has 0 amide bonds. The summed E-state index contributed by atoms with van der Waals surface area (Å²) in [7, 11) is -1.14. The summed E-state index contributed by atoms with van der Waals surface area (Å²) >= 11 is 1.33. The van der Waals surface area contributed by atoms with E-state index in [4.69, 9.17) is 9.47 Å². The van der Waals surface area contributed by atoms with Gasteiger partial charge in [0, 0.05) is 29.4 Å². The van der Waals surface area contributed by atoms with Gasteiger partial charge in [0.05, 0.1) is 19.5 Å². The van der Waals surface area contributed by atoms with Crippen molar-refractivity contribution in [2.75, 3.05) is 18.9 Å². The number of methoxy groups -OCH3 is 2. The molecule has 4 heterocycles. The average molecular weight is 532 g/mol. The second-order valence-corrected chi connectivity index (χ2v) is 10.9. The molecule has 0 spiro atoms. The molecular weight excluding hydrogens is 506 g/mol. The minimum absolute atomic E-state index is 0.104. The molecular formula is C21H25N9O4S2. The molecule has 1 N–H and O–H groups in total. The summed E-state index contributed by atoms with van der Waals surface area (Å²) in [4.78, 5) is 21.3. The van der Waals surface area contributed by atoms with E-state index < -0.39 is 21.2 Å². The molecule has 15 heteroatoms. The summed E-state index contributed by atoms with van der Waals surface area (Å²) in [6.07, 6.45) is 4.57. The summed E-state index contributed by atoms with van der Waals surface area (Å²) in [5.41, 5.74) is 1.87. The van der Waals surface area contributed by atoms with E-state index >= 15 is 0 Å². The van der Waals surface area contributed by atoms with Crippen LogP contribution < -0.4 is 14.2 Å². The maximum Gasteiger partial charge on any atom is 0.245 e. The smallest absolute Gasteiger partial charge is 0.245 e. The fourth-order valence-corrected chi connectivity index (χ4v) is 5.33. The Morgan fingerprint density at radius 3 is 2.19 bits per heavy atom. The van der Waals surface area contributed by atoms with Crippen LogP contribution in [0.2, 0.25) is 0 Å². The highest BCUT2D eigenvalue weighted by Gasteiger charge is 2.33. The maximum absolute atomic E-state index is 13.5. The lowest BCUT2D eigenvalue weighted by molar-refractivity contribution is 0.368. The first kappa shape index (κ1) is 25.4. The Bertz CT molecular complexity index is 1450. The molecule has 13 nitrogen and oxygen atoms in total. The third-order valence-electron chi connectivity index (χ3n) is 5.47. The molecule has 0 aliphatic rings. The third kappa shape index (κ3) is 4.83. The van der Waals surface area contributed by atoms with Gasteiger partial charge in [0.15, 0.2) is 16.5 Å². The number of hydrogen-bond donors (Lipinski definition) is 1. The summed E-state index contributed by atoms with van der Waals surface area (Å²) in [5, 5.41) is 9.80. The van der Waals surface area contributed by atoms with Crippen LogP contribution in [0.4, 0.5) is 5.95 Å². The molecule has 0 aliphatic heterocycles. The average Bonchev–Trinajstić information content (AvgIpc) is 3.48. The second kappa shape index (κ2) is 10.1. The Morgan fingerprint density at radius 2 is 1.64 bits per heavy atom. The SMILES string of the molecule is COc1ncnc(OC)c1-n1c(NS(=O)(=O)C(C)C(C)c2ncc(C)cn2)nnc1-c1nc(C)cs1. The standard InChI is InChI=1S/C21H25N9O4S2/c1-11-7-22-16(23-8-11)13(3)14(4)36(31,32)29-21-28-27-17(20-26-12(2)9-35-20)30(21)15-18(33-5)24-10-25-19(15)34-6/h7-10,13-14H,1-6H3,(H,28,29). The van der Waals surface area contributed by atoms with Crippen molar-refractivity contribution in [3.05, 3.63) is 41.2 Å². The number of ether oxygens (including phenoxy) is 2. The normalized spacial score (nSPS) is 13.3. The number of anilines is 1. The monoisotopic (exact) mass is 531 g/mol. The summed E-state index contributed by atoms with van der Waals surface area (Å²) in [6.45, 7) is 7.03. The van der Waals surface area contributed by atoms with Gasteiger partial charge in [-0.15, -0.1) is 21.5 Å². The quantitative estimate of drug-likeness (QED) is 0.338. The summed E-state index contributed by atoms with van der Waals surface area (Å²) < 4.78 is 41.8. The lowest BCUT2D eigenvalue weighted by Gasteiger charge is -2.20. The number of sulfonamides is 1. The summed E-state index contributed by atoms with van der Waals surface area (Å²) in [6, 6.07) is 0. The lowest BCUT2D eigenvalue weighted by Crippen LogP contribution is -2.31. The number of hydrogen-bond acceptors (Lipinski definition) is 12. The molecule has 190 valence electrons. The highest BCUT2D eigenvalue weighted by atomic mass is 32.2. The fourth-order valence-electron chi connectivity index (χ4n) is 3.33. The van der Waals surface area contributed by atoms with Gasteiger partial charge in [-0.2, -0.15) is 9.97 Å². The van der Waals surface area contributed by atoms with Crippen molar-refractivity contribution in [1.82, 2.24) is 39.7 Å². The molecule has 0 fully saturated rings. The molecule has 4 aromatic heterocycles. The molecule has 0 bridgehead atoms. The predicted octanol–water partition coefficient (Wildman–Crippen LogP) is 2.54. The van der Waals surface area contributed by atoms with Gasteiger partial charge in [-0.3, -0.25) is 4.72 Å². The minimum atomic E-state index is -4.00. The van der Waals surface area contributed by atoms with Gasteiger partial charge in [0.2, 0.25) is 27.7 Å². The zero-order valence-electron chi connectivity index (χ0n) is 20.5. The van der Waals surface area contributed by atoms with Crippen molar-refractivity contribution in [1.29, 1.82) is 0 Å². The molecule has 4 aromatic rings. The molecule has 0 aromatic carbocycles. The van der Waals surface area contributed by atoms with Crippen LogP contribution >= 0.6 is 11.3 Å². The Hall–Kier alpha value is -3.72. The van der Waals surface area contributed by atoms with Gasteiger partial charge in [-0.25, -0.2) is 27.9 Å². The highest BCUT2D eigenvalue weighted by Crippen LogP contribution is 2.36. The molecule has 36 heavy (non-hydrogen) atoms. The molecule has 0 aliphatic carbocycles. The van der Waals surface area contributed by atoms with Gasteiger partial charge in [0.1, 0.15) is 12.2 Å². The first-order valence-corrected chi connectivity index (χ1v) is 13.2. The summed E-state index contributed by atoms with van der Waals surface area (Å²) in [5.74, 6) is 0.327. The van der Waals surface area contributed by atoms with Gasteiger partial charge in [-0.1, -0.05) is 6.92 Å². The van der Waals surface area contributed by atoms with Gasteiger partial charge < -0.3 is 9.47 Å². The van der Waals surface area contributed by atoms with Crippen LogP contribution in [0.1, 0.15) is 36.8 Å². The van der Waals surface area contributed by atoms with E-state index in [1.807, 2.05) is 19.2 Å². The van der Waals surface area contributed by atoms with Crippen molar-refractivity contribution >= 4 is 27.3 Å². The van der Waals surface area contributed by atoms with Crippen molar-refractivity contribution in [2.24, 2.45) is 0 Å². The number of rotatable bonds is 9. The number of aromatic nitrogens is 8. The van der Waals surface area contributed by atoms with Crippen LogP contribution in [0.3, 0.4) is 0 Å². The van der Waals surface area contributed by atoms with Crippen molar-refractivity contribution < 1.29 is 17.9 Å². The molecule has 0 radical (unpaired) electrons. The van der Waals surface area contributed by atoms with E-state index in [1.54, 1.807) is 26.2 Å². The van der Waals surface area contributed by atoms with Crippen LogP contribution in [0.25, 0.3) is 16.5 Å². The van der Waals surface area contributed by atoms with E-state index in [0.29, 0.717) is 10.8 Å². The number of nitrogens with one attached hydrogen (secondary N) is 1. The zero-order valence-corrected chi connectivity index (χ0v) is 22.1. The Labute approximate surface area is 212 Å². The topological polar surface area (TPSA) is 160 Å². The van der Waals surface area contributed by atoms with Crippen LogP contribution in [-0.4, -0.2) is 67.6 Å². The largest absolute Gasteiger partial charge is 0.479 e. The Balaban J connectivity index is 1.81. The lowest BCUT2D eigenvalue weighted by atomic mass is 10.1. The van der Waals surface area contributed by atoms with Crippen molar-refractivity contribution in [3.63, 3.8) is 0 Å². The first-order valence-electron chi connectivity index (χ1n) is 10.8. The molecule has 2 atom stereocenters. The van der Waals surface area contributed by atoms with Crippen LogP contribution in [0, 0.1) is 13.8 Å². The number of aryl methyl sites for hydroxylation is 2. The van der Waals surface area contributed by atoms with Crippen LogP contribution in [0.15, 0.2) is 24.1 Å². The number of thiazole rings is 1. The van der Waals surface area contributed by atoms with E-state index in [1.165, 1.54) is 36.5 Å². The fraction of sp³-hybridized carbons (Fsp3) is 0.381. The molecule has 0 saturated carbocycles. The van der Waals surface area contributed by atoms with Gasteiger partial charge in [-0.05, 0) is 26.3 Å². The second-order valence-electron chi connectivity index (χ2n) is 7.98. The van der Waals surface area contributed by atoms with Crippen LogP contribution in [0.5, 0.6) is 11.8 Å². The third-order valence-corrected chi connectivity index (χ3v) is 8.28. The minimum Gasteiger partial charge on any atom is -0.479 e. The predicted molar refractivity (Wildman–Crippen MR) is 133 cm³/mol. The number of nitrogens with zero attached hydrogens (tertiary/aromatic N) is 8. The van der Waals surface area contributed by atoms with E-state index in [0.717, 1.165) is 11.3 Å². The Morgan fingerprint density at radius 1 is 1.00 bits per heavy atom. The van der Waals surface area contributed by atoms with E-state index in [2.05, 4.69) is 39.8 Å². The molecule has 0 saturated heterocycles. The maximum atomic E-state index is 13.5.